The van der Waals surface area contributed by atoms with Gasteiger partial charge in [-0.15, -0.1) is 0 Å². The molecule has 0 aliphatic carbocycles. The van der Waals surface area contributed by atoms with Gasteiger partial charge in [-0.25, -0.2) is 4.99 Å². The lowest BCUT2D eigenvalue weighted by atomic mass is 10.2. The molecule has 2 aromatic carbocycles. The van der Waals surface area contributed by atoms with E-state index < -0.39 is 4.92 Å². The zero-order chi connectivity index (χ0) is 15.1. The zero-order valence-electron chi connectivity index (χ0n) is 11.3. The second kappa shape index (κ2) is 7.00. The van der Waals surface area contributed by atoms with E-state index in [1.807, 2.05) is 30.3 Å². The number of ether oxygens (including phenoxy) is 1. The molecule has 0 saturated heterocycles. The standard InChI is InChI=1S/C16H14N2O3/c1-2-12-21-16(13-6-4-3-5-7-13)17-14-8-10-15(11-9-14)18(19)20/h2-11H,1,12H2. The molecule has 0 heterocycles. The van der Waals surface area contributed by atoms with Gasteiger partial charge in [0.2, 0.25) is 5.90 Å². The summed E-state index contributed by atoms with van der Waals surface area (Å²) >= 11 is 0. The molecular formula is C16H14N2O3. The normalized spacial score (nSPS) is 11.0. The van der Waals surface area contributed by atoms with E-state index in [-0.39, 0.29) is 5.69 Å². The molecule has 2 rings (SSSR count). The molecule has 0 N–H and O–H groups in total. The molecule has 0 bridgehead atoms. The molecule has 0 aliphatic heterocycles. The van der Waals surface area contributed by atoms with E-state index in [1.54, 1.807) is 18.2 Å². The average Bonchev–Trinajstić information content (AvgIpc) is 2.52. The fraction of sp³-hybridized carbons (Fsp3) is 0.0625. The highest BCUT2D eigenvalue weighted by Crippen LogP contribution is 2.19. The second-order valence-electron chi connectivity index (χ2n) is 4.16. The van der Waals surface area contributed by atoms with Gasteiger partial charge < -0.3 is 4.74 Å². The largest absolute Gasteiger partial charge is 0.473 e. The van der Waals surface area contributed by atoms with Crippen LogP contribution in [0.1, 0.15) is 5.56 Å². The summed E-state index contributed by atoms with van der Waals surface area (Å²) in [5.74, 6) is 0.448. The number of nitro benzene ring substituents is 1. The maximum Gasteiger partial charge on any atom is 0.269 e. The fourth-order valence-corrected chi connectivity index (χ4v) is 1.66. The van der Waals surface area contributed by atoms with Crippen LogP contribution in [0.3, 0.4) is 0 Å². The quantitative estimate of drug-likeness (QED) is 0.275. The van der Waals surface area contributed by atoms with Crippen LogP contribution in [0.15, 0.2) is 72.2 Å². The minimum atomic E-state index is -0.445. The van der Waals surface area contributed by atoms with Crippen molar-refractivity contribution in [2.24, 2.45) is 4.99 Å². The van der Waals surface area contributed by atoms with Gasteiger partial charge in [0.15, 0.2) is 0 Å². The maximum absolute atomic E-state index is 10.6. The first-order chi connectivity index (χ1) is 10.2. The van der Waals surface area contributed by atoms with Crippen LogP contribution in [0.2, 0.25) is 0 Å². The molecule has 5 heteroatoms. The Morgan fingerprint density at radius 2 is 1.86 bits per heavy atom. The predicted molar refractivity (Wildman–Crippen MR) is 81.9 cm³/mol. The van der Waals surface area contributed by atoms with Gasteiger partial charge in [0.05, 0.1) is 10.6 Å². The minimum absolute atomic E-state index is 0.0298. The maximum atomic E-state index is 10.6. The van der Waals surface area contributed by atoms with E-state index >= 15 is 0 Å². The molecule has 0 saturated carbocycles. The van der Waals surface area contributed by atoms with Crippen LogP contribution in [0, 0.1) is 10.1 Å². The van der Waals surface area contributed by atoms with E-state index in [1.165, 1.54) is 12.1 Å². The Balaban J connectivity index is 2.31. The Morgan fingerprint density at radius 3 is 2.43 bits per heavy atom. The lowest BCUT2D eigenvalue weighted by Crippen LogP contribution is -2.06. The van der Waals surface area contributed by atoms with Gasteiger partial charge in [0.25, 0.3) is 5.69 Å². The summed E-state index contributed by atoms with van der Waals surface area (Å²) in [5, 5.41) is 10.6. The Labute approximate surface area is 122 Å². The van der Waals surface area contributed by atoms with Gasteiger partial charge >= 0.3 is 0 Å². The van der Waals surface area contributed by atoms with Gasteiger partial charge in [-0.1, -0.05) is 30.9 Å². The molecule has 2 aromatic rings. The van der Waals surface area contributed by atoms with Crippen LogP contribution in [-0.4, -0.2) is 17.4 Å². The first-order valence-corrected chi connectivity index (χ1v) is 6.33. The van der Waals surface area contributed by atoms with Crippen molar-refractivity contribution in [2.75, 3.05) is 6.61 Å². The summed E-state index contributed by atoms with van der Waals surface area (Å²) in [4.78, 5) is 14.6. The van der Waals surface area contributed by atoms with Crippen LogP contribution in [0.25, 0.3) is 0 Å². The van der Waals surface area contributed by atoms with E-state index in [0.717, 1.165) is 5.56 Å². The van der Waals surface area contributed by atoms with Crippen molar-refractivity contribution in [1.82, 2.24) is 0 Å². The van der Waals surface area contributed by atoms with E-state index in [2.05, 4.69) is 11.6 Å². The van der Waals surface area contributed by atoms with Crippen molar-refractivity contribution in [2.45, 2.75) is 0 Å². The summed E-state index contributed by atoms with van der Waals surface area (Å²) < 4.78 is 5.56. The Kier molecular flexibility index (Phi) is 4.82. The molecular weight excluding hydrogens is 268 g/mol. The Bertz CT molecular complexity index is 649. The average molecular weight is 282 g/mol. The SMILES string of the molecule is C=CCOC(=Nc1ccc([N+](=O)[O-])cc1)c1ccccc1. The lowest BCUT2D eigenvalue weighted by Gasteiger charge is -2.07. The number of nitro groups is 1. The van der Waals surface area contributed by atoms with E-state index in [4.69, 9.17) is 4.74 Å². The molecule has 0 radical (unpaired) electrons. The van der Waals surface area contributed by atoms with Crippen molar-refractivity contribution in [3.05, 3.63) is 82.9 Å². The lowest BCUT2D eigenvalue weighted by molar-refractivity contribution is -0.384. The number of rotatable bonds is 5. The van der Waals surface area contributed by atoms with Crippen molar-refractivity contribution in [3.63, 3.8) is 0 Å². The van der Waals surface area contributed by atoms with Crippen LogP contribution < -0.4 is 0 Å². The molecule has 0 atom stereocenters. The Morgan fingerprint density at radius 1 is 1.19 bits per heavy atom. The van der Waals surface area contributed by atoms with Crippen LogP contribution in [0.5, 0.6) is 0 Å². The van der Waals surface area contributed by atoms with Crippen molar-refractivity contribution < 1.29 is 9.66 Å². The highest BCUT2D eigenvalue weighted by molar-refractivity contribution is 5.95. The number of hydrogen-bond donors (Lipinski definition) is 0. The van der Waals surface area contributed by atoms with Crippen molar-refractivity contribution in [1.29, 1.82) is 0 Å². The number of benzene rings is 2. The summed E-state index contributed by atoms with van der Waals surface area (Å²) in [5.41, 5.74) is 1.45. The number of hydrogen-bond acceptors (Lipinski definition) is 4. The van der Waals surface area contributed by atoms with E-state index in [0.29, 0.717) is 18.2 Å². The van der Waals surface area contributed by atoms with Gasteiger partial charge in [0.1, 0.15) is 6.61 Å². The predicted octanol–water partition coefficient (Wildman–Crippen LogP) is 3.88. The summed E-state index contributed by atoms with van der Waals surface area (Å²) in [6, 6.07) is 15.4. The number of aliphatic imine (C=N–C) groups is 1. The third kappa shape index (κ3) is 4.01. The molecule has 0 aliphatic rings. The topological polar surface area (TPSA) is 64.7 Å². The van der Waals surface area contributed by atoms with Crippen LogP contribution in [-0.2, 0) is 4.74 Å². The van der Waals surface area contributed by atoms with Gasteiger partial charge in [-0.3, -0.25) is 10.1 Å². The highest BCUT2D eigenvalue weighted by atomic mass is 16.6. The molecule has 0 amide bonds. The number of nitrogens with zero attached hydrogens (tertiary/aromatic N) is 2. The van der Waals surface area contributed by atoms with Crippen molar-refractivity contribution in [3.8, 4) is 0 Å². The first-order valence-electron chi connectivity index (χ1n) is 6.33. The van der Waals surface area contributed by atoms with Gasteiger partial charge in [0, 0.05) is 17.7 Å². The monoisotopic (exact) mass is 282 g/mol. The first kappa shape index (κ1) is 14.5. The summed E-state index contributed by atoms with van der Waals surface area (Å²) in [7, 11) is 0. The number of non-ortho nitro benzene ring substituents is 1. The molecule has 0 unspecified atom stereocenters. The molecule has 0 aromatic heterocycles. The zero-order valence-corrected chi connectivity index (χ0v) is 11.3. The molecule has 5 nitrogen and oxygen atoms in total. The second-order valence-corrected chi connectivity index (χ2v) is 4.16. The highest BCUT2D eigenvalue weighted by Gasteiger charge is 2.07. The van der Waals surface area contributed by atoms with Gasteiger partial charge in [-0.05, 0) is 24.3 Å². The summed E-state index contributed by atoms with van der Waals surface area (Å²) in [6.45, 7) is 3.94. The molecule has 21 heavy (non-hydrogen) atoms. The van der Waals surface area contributed by atoms with E-state index in [9.17, 15) is 10.1 Å². The molecule has 106 valence electrons. The van der Waals surface area contributed by atoms with Crippen LogP contribution in [0.4, 0.5) is 11.4 Å². The minimum Gasteiger partial charge on any atom is -0.473 e. The Hall–Kier alpha value is -2.95. The van der Waals surface area contributed by atoms with Crippen LogP contribution >= 0.6 is 0 Å². The molecule has 0 fully saturated rings. The van der Waals surface area contributed by atoms with Gasteiger partial charge in [-0.2, -0.15) is 0 Å². The van der Waals surface area contributed by atoms with Crippen molar-refractivity contribution >= 4 is 17.3 Å². The third-order valence-electron chi connectivity index (χ3n) is 2.65. The smallest absolute Gasteiger partial charge is 0.269 e. The molecule has 0 spiro atoms. The third-order valence-corrected chi connectivity index (χ3v) is 2.65. The fourth-order valence-electron chi connectivity index (χ4n) is 1.66. The summed E-state index contributed by atoms with van der Waals surface area (Å²) in [6.07, 6.45) is 1.63.